The Hall–Kier alpha value is -0.870. The van der Waals surface area contributed by atoms with Gasteiger partial charge in [0.05, 0.1) is 4.88 Å². The maximum absolute atomic E-state index is 12.4. The van der Waals surface area contributed by atoms with Crippen LogP contribution in [0.15, 0.2) is 17.5 Å². The highest BCUT2D eigenvalue weighted by atomic mass is 32.1. The lowest BCUT2D eigenvalue weighted by Gasteiger charge is -2.32. The van der Waals surface area contributed by atoms with Crippen LogP contribution in [0.25, 0.3) is 0 Å². The molecule has 0 aromatic carbocycles. The molecule has 1 amide bonds. The highest BCUT2D eigenvalue weighted by Gasteiger charge is 2.28. The van der Waals surface area contributed by atoms with E-state index in [-0.39, 0.29) is 5.91 Å². The first-order valence-electron chi connectivity index (χ1n) is 6.25. The topological polar surface area (TPSA) is 32.3 Å². The van der Waals surface area contributed by atoms with Crippen LogP contribution in [0.2, 0.25) is 0 Å². The smallest absolute Gasteiger partial charge is 0.264 e. The largest absolute Gasteiger partial charge is 0.333 e. The van der Waals surface area contributed by atoms with Crippen molar-refractivity contribution in [2.75, 3.05) is 19.6 Å². The molecule has 1 aliphatic heterocycles. The summed E-state index contributed by atoms with van der Waals surface area (Å²) in [4.78, 5) is 15.3. The van der Waals surface area contributed by atoms with Crippen LogP contribution in [0.5, 0.6) is 0 Å². The Bertz CT molecular complexity index is 362. The number of carbonyl (C=O) groups is 1. The molecule has 1 saturated heterocycles. The summed E-state index contributed by atoms with van der Waals surface area (Å²) < 4.78 is 0. The molecule has 94 valence electrons. The Balaban J connectivity index is 2.17. The molecule has 1 aliphatic rings. The zero-order chi connectivity index (χ0) is 12.3. The first-order valence-corrected chi connectivity index (χ1v) is 7.13. The van der Waals surface area contributed by atoms with Crippen LogP contribution in [0.4, 0.5) is 0 Å². The zero-order valence-electron chi connectivity index (χ0n) is 10.5. The Morgan fingerprint density at radius 1 is 1.59 bits per heavy atom. The number of nitrogens with zero attached hydrogens (tertiary/aromatic N) is 1. The number of thiophene rings is 1. The highest BCUT2D eigenvalue weighted by molar-refractivity contribution is 7.12. The Kier molecular flexibility index (Phi) is 4.18. The molecule has 0 aliphatic carbocycles. The van der Waals surface area contributed by atoms with E-state index in [9.17, 15) is 4.79 Å². The van der Waals surface area contributed by atoms with Gasteiger partial charge in [-0.3, -0.25) is 4.79 Å². The second kappa shape index (κ2) is 5.65. The lowest BCUT2D eigenvalue weighted by Crippen LogP contribution is -2.46. The summed E-state index contributed by atoms with van der Waals surface area (Å²) in [6.07, 6.45) is 1.04. The van der Waals surface area contributed by atoms with E-state index in [1.807, 2.05) is 17.5 Å². The summed E-state index contributed by atoms with van der Waals surface area (Å²) in [5.41, 5.74) is 0. The number of rotatable bonds is 2. The van der Waals surface area contributed by atoms with Crippen LogP contribution in [0, 0.1) is 5.92 Å². The fourth-order valence-corrected chi connectivity index (χ4v) is 2.97. The Labute approximate surface area is 107 Å². The van der Waals surface area contributed by atoms with Gasteiger partial charge < -0.3 is 10.2 Å². The lowest BCUT2D eigenvalue weighted by molar-refractivity contribution is 0.0651. The van der Waals surface area contributed by atoms with Gasteiger partial charge in [0.25, 0.3) is 5.91 Å². The van der Waals surface area contributed by atoms with Crippen molar-refractivity contribution in [3.63, 3.8) is 0 Å². The Morgan fingerprint density at radius 2 is 2.41 bits per heavy atom. The molecule has 1 fully saturated rings. The normalized spacial score (nSPS) is 21.6. The summed E-state index contributed by atoms with van der Waals surface area (Å²) in [6, 6.07) is 4.17. The van der Waals surface area contributed by atoms with Crippen molar-refractivity contribution in [1.82, 2.24) is 10.2 Å². The van der Waals surface area contributed by atoms with E-state index in [2.05, 4.69) is 24.1 Å². The van der Waals surface area contributed by atoms with Crippen molar-refractivity contribution in [3.05, 3.63) is 22.4 Å². The number of hydrogen-bond donors (Lipinski definition) is 1. The fourth-order valence-electron chi connectivity index (χ4n) is 2.29. The summed E-state index contributed by atoms with van der Waals surface area (Å²) in [6.45, 7) is 7.16. The van der Waals surface area contributed by atoms with E-state index in [0.717, 1.165) is 30.9 Å². The summed E-state index contributed by atoms with van der Waals surface area (Å²) >= 11 is 1.53. The Morgan fingerprint density at radius 3 is 3.06 bits per heavy atom. The maximum atomic E-state index is 12.4. The van der Waals surface area contributed by atoms with Crippen molar-refractivity contribution in [1.29, 1.82) is 0 Å². The summed E-state index contributed by atoms with van der Waals surface area (Å²) in [5.74, 6) is 0.687. The van der Waals surface area contributed by atoms with Crippen LogP contribution < -0.4 is 5.32 Å². The van der Waals surface area contributed by atoms with Gasteiger partial charge in [0, 0.05) is 19.1 Å². The van der Waals surface area contributed by atoms with E-state index in [4.69, 9.17) is 0 Å². The van der Waals surface area contributed by atoms with Gasteiger partial charge in [-0.2, -0.15) is 0 Å². The van der Waals surface area contributed by atoms with E-state index in [1.165, 1.54) is 11.3 Å². The number of carbonyl (C=O) groups excluding carboxylic acids is 1. The third kappa shape index (κ3) is 2.87. The molecule has 1 unspecified atom stereocenters. The predicted molar refractivity (Wildman–Crippen MR) is 71.5 cm³/mol. The van der Waals surface area contributed by atoms with Gasteiger partial charge in [-0.05, 0) is 30.3 Å². The SMILES string of the molecule is CC(C)C1CNCCCN1C(=O)c1cccs1. The second-order valence-corrected chi connectivity index (χ2v) is 5.79. The number of hydrogen-bond acceptors (Lipinski definition) is 3. The van der Waals surface area contributed by atoms with Crippen LogP contribution >= 0.6 is 11.3 Å². The molecule has 1 aromatic rings. The molecule has 17 heavy (non-hydrogen) atoms. The minimum absolute atomic E-state index is 0.197. The zero-order valence-corrected chi connectivity index (χ0v) is 11.3. The molecular formula is C13H20N2OS. The van der Waals surface area contributed by atoms with Crippen LogP contribution in [-0.4, -0.2) is 36.5 Å². The molecule has 0 radical (unpaired) electrons. The van der Waals surface area contributed by atoms with E-state index < -0.39 is 0 Å². The molecular weight excluding hydrogens is 232 g/mol. The highest BCUT2D eigenvalue weighted by Crippen LogP contribution is 2.19. The molecule has 1 N–H and O–H groups in total. The lowest BCUT2D eigenvalue weighted by atomic mass is 10.0. The standard InChI is InChI=1S/C13H20N2OS/c1-10(2)11-9-14-6-4-7-15(11)13(16)12-5-3-8-17-12/h3,5,8,10-11,14H,4,6-7,9H2,1-2H3. The van der Waals surface area contributed by atoms with E-state index >= 15 is 0 Å². The average Bonchev–Trinajstić information content (AvgIpc) is 2.71. The third-order valence-electron chi connectivity index (χ3n) is 3.27. The van der Waals surface area contributed by atoms with Crippen molar-refractivity contribution >= 4 is 17.2 Å². The van der Waals surface area contributed by atoms with Crippen LogP contribution in [0.3, 0.4) is 0 Å². The molecule has 0 saturated carbocycles. The van der Waals surface area contributed by atoms with Crippen LogP contribution in [-0.2, 0) is 0 Å². The molecule has 0 bridgehead atoms. The maximum Gasteiger partial charge on any atom is 0.264 e. The van der Waals surface area contributed by atoms with Crippen molar-refractivity contribution in [3.8, 4) is 0 Å². The molecule has 2 rings (SSSR count). The minimum atomic E-state index is 0.197. The van der Waals surface area contributed by atoms with Gasteiger partial charge in [0.2, 0.25) is 0 Å². The first-order chi connectivity index (χ1) is 8.20. The third-order valence-corrected chi connectivity index (χ3v) is 4.13. The van der Waals surface area contributed by atoms with E-state index in [0.29, 0.717) is 12.0 Å². The molecule has 0 spiro atoms. The molecule has 1 atom stereocenters. The van der Waals surface area contributed by atoms with Gasteiger partial charge in [-0.1, -0.05) is 19.9 Å². The summed E-state index contributed by atoms with van der Waals surface area (Å²) in [5, 5.41) is 5.38. The monoisotopic (exact) mass is 252 g/mol. The minimum Gasteiger partial charge on any atom is -0.333 e. The van der Waals surface area contributed by atoms with Gasteiger partial charge in [-0.25, -0.2) is 0 Å². The quantitative estimate of drug-likeness (QED) is 0.875. The van der Waals surface area contributed by atoms with Gasteiger partial charge in [-0.15, -0.1) is 11.3 Å². The molecule has 2 heterocycles. The van der Waals surface area contributed by atoms with Gasteiger partial charge in [0.15, 0.2) is 0 Å². The molecule has 4 heteroatoms. The summed E-state index contributed by atoms with van der Waals surface area (Å²) in [7, 11) is 0. The predicted octanol–water partition coefficient (Wildman–Crippen LogP) is 2.21. The van der Waals surface area contributed by atoms with Crippen molar-refractivity contribution in [2.45, 2.75) is 26.3 Å². The second-order valence-electron chi connectivity index (χ2n) is 4.84. The van der Waals surface area contributed by atoms with Gasteiger partial charge >= 0.3 is 0 Å². The van der Waals surface area contributed by atoms with Gasteiger partial charge in [0.1, 0.15) is 0 Å². The number of amides is 1. The van der Waals surface area contributed by atoms with Crippen LogP contribution in [0.1, 0.15) is 29.9 Å². The number of nitrogens with one attached hydrogen (secondary N) is 1. The molecule has 1 aromatic heterocycles. The van der Waals surface area contributed by atoms with Crippen molar-refractivity contribution < 1.29 is 4.79 Å². The van der Waals surface area contributed by atoms with Crippen molar-refractivity contribution in [2.24, 2.45) is 5.92 Å². The van der Waals surface area contributed by atoms with E-state index in [1.54, 1.807) is 0 Å². The first kappa shape index (κ1) is 12.6. The fraction of sp³-hybridized carbons (Fsp3) is 0.615. The average molecular weight is 252 g/mol. The molecule has 3 nitrogen and oxygen atoms in total.